The molecule has 0 unspecified atom stereocenters. The fraction of sp³-hybridized carbons (Fsp3) is 1.00. The summed E-state index contributed by atoms with van der Waals surface area (Å²) >= 11 is -0.0631. The molecule has 0 saturated carbocycles. The van der Waals surface area contributed by atoms with E-state index in [1.54, 1.807) is 0 Å². The van der Waals surface area contributed by atoms with Crippen LogP contribution in [0.1, 0.15) is 0 Å². The van der Waals surface area contributed by atoms with Gasteiger partial charge in [0.25, 0.3) is 0 Å². The van der Waals surface area contributed by atoms with Crippen LogP contribution in [0.3, 0.4) is 0 Å². The van der Waals surface area contributed by atoms with Gasteiger partial charge < -0.3 is 0 Å². The summed E-state index contributed by atoms with van der Waals surface area (Å²) < 4.78 is 3.79. The Hall–Kier alpha value is 0.770. The number of hydrogen-bond acceptors (Lipinski definition) is 2. The summed E-state index contributed by atoms with van der Waals surface area (Å²) in [6, 6.07) is 0. The molecular weight excluding hydrogens is 313 g/mol. The Kier molecular flexibility index (Phi) is 5.03. The molecule has 0 fully saturated rings. The molecule has 0 bridgehead atoms. The van der Waals surface area contributed by atoms with Crippen LogP contribution in [0.15, 0.2) is 4.19 Å². The van der Waals surface area contributed by atoms with Crippen LogP contribution in [0, 0.1) is 4.91 Å². The van der Waals surface area contributed by atoms with E-state index >= 15 is 0 Å². The van der Waals surface area contributed by atoms with Crippen molar-refractivity contribution < 1.29 is 0 Å². The van der Waals surface area contributed by atoms with Crippen molar-refractivity contribution in [2.24, 2.45) is 4.19 Å². The maximum absolute atomic E-state index is 11.0. The van der Waals surface area contributed by atoms with E-state index in [1.807, 2.05) is 0 Å². The molecule has 0 saturated heterocycles. The number of nitroso groups, excluding NO2 is 1. The predicted octanol–water partition coefficient (Wildman–Crippen LogP) is 4.16. The van der Waals surface area contributed by atoms with Gasteiger partial charge in [-0.25, -0.2) is 0 Å². The Morgan fingerprint density at radius 1 is 0.750 bits per heavy atom. The third-order valence-corrected chi connectivity index (χ3v) is 36.9. The topological polar surface area (TPSA) is 29.4 Å². The molecule has 0 heterocycles. The molecule has 0 rings (SSSR count). The summed E-state index contributed by atoms with van der Waals surface area (Å²) in [5.41, 5.74) is 0. The second-order valence-electron chi connectivity index (χ2n) is 7.60. The van der Waals surface area contributed by atoms with E-state index in [9.17, 15) is 4.91 Å². The van der Waals surface area contributed by atoms with Crippen LogP contribution in [0.25, 0.3) is 0 Å². The first-order valence-corrected chi connectivity index (χ1v) is 17.9. The third kappa shape index (κ3) is 2.77. The van der Waals surface area contributed by atoms with Crippen molar-refractivity contribution in [3.05, 3.63) is 4.91 Å². The van der Waals surface area contributed by atoms with Crippen molar-refractivity contribution >= 4 is 39.4 Å². The van der Waals surface area contributed by atoms with E-state index in [1.165, 1.54) is 0 Å². The van der Waals surface area contributed by atoms with Gasteiger partial charge in [-0.15, -0.1) is 0 Å². The number of hydrogen-bond donors (Lipinski definition) is 0. The minimum atomic E-state index is -1.37. The predicted molar refractivity (Wildman–Crippen MR) is 84.3 cm³/mol. The first-order valence-electron chi connectivity index (χ1n) is 5.82. The average molecular weight is 341 g/mol. The van der Waals surface area contributed by atoms with E-state index in [-0.39, 0.29) is 15.2 Å². The third-order valence-electron chi connectivity index (χ3n) is 3.34. The zero-order valence-corrected chi connectivity index (χ0v) is 17.0. The van der Waals surface area contributed by atoms with Crippen LogP contribution in [-0.4, -0.2) is 39.4 Å². The molecule has 0 N–H and O–H groups in total. The average Bonchev–Trinajstić information content (AvgIpc) is 1.91. The van der Waals surface area contributed by atoms with E-state index in [0.29, 0.717) is 3.18 Å². The number of nitrogens with zero attached hydrogens (tertiary/aromatic N) is 1. The number of rotatable bonds is 5. The minimum absolute atomic E-state index is 0.0631. The van der Waals surface area contributed by atoms with Gasteiger partial charge in [0, 0.05) is 0 Å². The van der Waals surface area contributed by atoms with Gasteiger partial charge in [-0.1, -0.05) is 0 Å². The van der Waals surface area contributed by atoms with Crippen LogP contribution in [0.4, 0.5) is 0 Å². The van der Waals surface area contributed by atoms with Gasteiger partial charge >= 0.3 is 111 Å². The summed E-state index contributed by atoms with van der Waals surface area (Å²) in [6.07, 6.45) is 0. The Bertz CT molecular complexity index is 227. The van der Waals surface area contributed by atoms with Gasteiger partial charge in [-0.3, -0.25) is 0 Å². The summed E-state index contributed by atoms with van der Waals surface area (Å²) in [5.74, 6) is 0. The molecule has 0 aliphatic heterocycles. The molecular formula is C10H27NOSeSi3. The molecule has 0 aliphatic carbocycles. The summed E-state index contributed by atoms with van der Waals surface area (Å²) in [7, 11) is -4.11. The van der Waals surface area contributed by atoms with Gasteiger partial charge in [0.2, 0.25) is 0 Å². The molecule has 0 spiro atoms. The second-order valence-corrected chi connectivity index (χ2v) is 29.3. The first kappa shape index (κ1) is 16.8. The molecule has 0 amide bonds. The Morgan fingerprint density at radius 2 is 1.00 bits per heavy atom. The maximum atomic E-state index is 11.0. The molecule has 0 aliphatic rings. The Labute approximate surface area is 110 Å². The van der Waals surface area contributed by atoms with Crippen LogP contribution < -0.4 is 0 Å². The fourth-order valence-corrected chi connectivity index (χ4v) is 37.7. The van der Waals surface area contributed by atoms with Gasteiger partial charge in [0.1, 0.15) is 0 Å². The molecule has 0 aromatic rings. The SMILES string of the molecule is C[Si](C)(C)C([Se]N=O)([Si](C)(C)C)[Si](C)(C)C. The van der Waals surface area contributed by atoms with E-state index < -0.39 is 24.2 Å². The molecule has 96 valence electrons. The summed E-state index contributed by atoms with van der Waals surface area (Å²) in [6.45, 7) is 22.0. The van der Waals surface area contributed by atoms with Crippen molar-refractivity contribution in [1.29, 1.82) is 0 Å². The molecule has 0 aromatic heterocycles. The van der Waals surface area contributed by atoms with Crippen molar-refractivity contribution in [1.82, 2.24) is 0 Å². The molecule has 0 aromatic carbocycles. The van der Waals surface area contributed by atoms with E-state index in [2.05, 4.69) is 63.1 Å². The van der Waals surface area contributed by atoms with Crippen molar-refractivity contribution in [2.75, 3.05) is 0 Å². The summed E-state index contributed by atoms with van der Waals surface area (Å²) in [5, 5.41) is 0. The monoisotopic (exact) mass is 341 g/mol. The fourth-order valence-electron chi connectivity index (χ4n) is 3.84. The quantitative estimate of drug-likeness (QED) is 0.546. The normalized spacial score (nSPS) is 15.1. The Balaban J connectivity index is 5.92. The molecule has 6 heteroatoms. The van der Waals surface area contributed by atoms with Crippen LogP contribution >= 0.6 is 0 Å². The van der Waals surface area contributed by atoms with Gasteiger partial charge in [-0.2, -0.15) is 0 Å². The van der Waals surface area contributed by atoms with Crippen LogP contribution in [0.5, 0.6) is 0 Å². The molecule has 0 atom stereocenters. The Morgan fingerprint density at radius 3 is 1.06 bits per heavy atom. The first-order chi connectivity index (χ1) is 6.81. The zero-order chi connectivity index (χ0) is 13.4. The van der Waals surface area contributed by atoms with Crippen LogP contribution in [-0.2, 0) is 0 Å². The molecule has 2 nitrogen and oxygen atoms in total. The molecule has 16 heavy (non-hydrogen) atoms. The van der Waals surface area contributed by atoms with Crippen molar-refractivity contribution in [3.8, 4) is 0 Å². The van der Waals surface area contributed by atoms with Crippen molar-refractivity contribution in [3.63, 3.8) is 0 Å². The van der Waals surface area contributed by atoms with Gasteiger partial charge in [0.15, 0.2) is 0 Å². The van der Waals surface area contributed by atoms with Crippen molar-refractivity contribution in [2.45, 2.75) is 62.1 Å². The van der Waals surface area contributed by atoms with Gasteiger partial charge in [0.05, 0.1) is 0 Å². The van der Waals surface area contributed by atoms with Gasteiger partial charge in [-0.05, 0) is 0 Å². The van der Waals surface area contributed by atoms with Crippen LogP contribution in [0.2, 0.25) is 62.1 Å². The van der Waals surface area contributed by atoms with E-state index in [4.69, 9.17) is 0 Å². The second kappa shape index (κ2) is 4.80. The standard InChI is InChI=1S/C10H27NOSeSi3/c1-14(2,3)10(13-11-12,15(4,5)6)16(7,8)9/h1-9H3. The summed E-state index contributed by atoms with van der Waals surface area (Å²) in [4.78, 5) is 11.0. The van der Waals surface area contributed by atoms with E-state index in [0.717, 1.165) is 0 Å². The zero-order valence-electron chi connectivity index (χ0n) is 12.3. The molecule has 0 radical (unpaired) electrons.